The number of carboxylic acid groups (broad SMARTS) is 1. The van der Waals surface area contributed by atoms with E-state index in [0.717, 1.165) is 57.3 Å². The molecule has 0 saturated carbocycles. The summed E-state index contributed by atoms with van der Waals surface area (Å²) in [5.41, 5.74) is 5.58. The van der Waals surface area contributed by atoms with Crippen molar-refractivity contribution in [2.45, 2.75) is 32.2 Å². The van der Waals surface area contributed by atoms with Gasteiger partial charge in [0, 0.05) is 28.0 Å². The van der Waals surface area contributed by atoms with Crippen LogP contribution in [0, 0.1) is 24.2 Å². The summed E-state index contributed by atoms with van der Waals surface area (Å²) in [6, 6.07) is 12.7. The van der Waals surface area contributed by atoms with Gasteiger partial charge in [0.05, 0.1) is 11.5 Å². The second-order valence-corrected chi connectivity index (χ2v) is 9.10. The lowest BCUT2D eigenvalue weighted by molar-refractivity contribution is -0.141. The first kappa shape index (κ1) is 19.3. The molecule has 2 atom stereocenters. The minimum atomic E-state index is -0.715. The molecule has 2 heterocycles. The first-order chi connectivity index (χ1) is 14.5. The highest BCUT2D eigenvalue weighted by Gasteiger charge is 2.37. The largest absolute Gasteiger partial charge is 0.481 e. The van der Waals surface area contributed by atoms with Crippen molar-refractivity contribution >= 4 is 32.9 Å². The number of aliphatic carboxylic acids is 1. The molecule has 1 fully saturated rings. The molecule has 2 aromatic carbocycles. The van der Waals surface area contributed by atoms with Gasteiger partial charge in [-0.1, -0.05) is 28.1 Å². The van der Waals surface area contributed by atoms with Crippen molar-refractivity contribution in [3.05, 3.63) is 57.1 Å². The minimum Gasteiger partial charge on any atom is -0.481 e. The molecule has 5 rings (SSSR count). The lowest BCUT2D eigenvalue weighted by Gasteiger charge is -2.24. The number of likely N-dealkylation sites (tertiary alicyclic amines) is 1. The van der Waals surface area contributed by atoms with Crippen molar-refractivity contribution in [1.29, 1.82) is 5.26 Å². The number of rotatable bonds is 3. The maximum Gasteiger partial charge on any atom is 0.307 e. The van der Waals surface area contributed by atoms with Gasteiger partial charge >= 0.3 is 5.97 Å². The fourth-order valence-electron chi connectivity index (χ4n) is 5.02. The minimum absolute atomic E-state index is 0.173. The topological polar surface area (TPSA) is 77.5 Å². The molecule has 1 saturated heterocycles. The monoisotopic (exact) mass is 464 g/mol. The Morgan fingerprint density at radius 2 is 2.17 bits per heavy atom. The molecule has 30 heavy (non-hydrogen) atoms. The number of hydrogen-bond acceptors (Lipinski definition) is 4. The number of nitrogens with zero attached hydrogens (tertiary/aromatic N) is 2. The zero-order chi connectivity index (χ0) is 21.0. The number of carboxylic acids is 1. The third-order valence-corrected chi connectivity index (χ3v) is 7.49. The lowest BCUT2D eigenvalue weighted by atomic mass is 9.99. The van der Waals surface area contributed by atoms with Crippen molar-refractivity contribution < 1.29 is 14.3 Å². The number of fused-ring (bicyclic) bond motifs is 2. The summed E-state index contributed by atoms with van der Waals surface area (Å²) in [5.74, 6) is -0.256. The molecule has 5 nitrogen and oxygen atoms in total. The van der Waals surface area contributed by atoms with Crippen LogP contribution in [0.25, 0.3) is 22.3 Å². The van der Waals surface area contributed by atoms with Crippen molar-refractivity contribution in [3.8, 4) is 17.4 Å². The van der Waals surface area contributed by atoms with Gasteiger partial charge < -0.3 is 9.52 Å². The predicted molar refractivity (Wildman–Crippen MR) is 117 cm³/mol. The number of furan rings is 1. The van der Waals surface area contributed by atoms with E-state index in [0.29, 0.717) is 24.1 Å². The Hall–Kier alpha value is -2.62. The van der Waals surface area contributed by atoms with E-state index >= 15 is 0 Å². The van der Waals surface area contributed by atoms with Crippen molar-refractivity contribution in [1.82, 2.24) is 4.90 Å². The van der Waals surface area contributed by atoms with E-state index in [4.69, 9.17) is 4.42 Å². The summed E-state index contributed by atoms with van der Waals surface area (Å²) in [7, 11) is 0. The van der Waals surface area contributed by atoms with E-state index in [-0.39, 0.29) is 12.0 Å². The Morgan fingerprint density at radius 3 is 2.90 bits per heavy atom. The van der Waals surface area contributed by atoms with Crippen molar-refractivity contribution in [3.63, 3.8) is 0 Å². The van der Waals surface area contributed by atoms with Crippen molar-refractivity contribution in [2.75, 3.05) is 13.1 Å². The molecule has 1 unspecified atom stereocenters. The second kappa shape index (κ2) is 7.26. The van der Waals surface area contributed by atoms with Crippen LogP contribution in [0.2, 0.25) is 0 Å². The molecule has 1 N–H and O–H groups in total. The maximum absolute atomic E-state index is 11.4. The van der Waals surface area contributed by atoms with E-state index in [1.54, 1.807) is 0 Å². The Morgan fingerprint density at radius 1 is 1.33 bits per heavy atom. The van der Waals surface area contributed by atoms with E-state index in [9.17, 15) is 15.2 Å². The molecule has 1 aliphatic carbocycles. The van der Waals surface area contributed by atoms with Gasteiger partial charge in [0.15, 0.2) is 5.58 Å². The van der Waals surface area contributed by atoms with Crippen LogP contribution in [0.1, 0.15) is 41.1 Å². The first-order valence-corrected chi connectivity index (χ1v) is 11.0. The summed E-state index contributed by atoms with van der Waals surface area (Å²) < 4.78 is 7.23. The highest BCUT2D eigenvalue weighted by molar-refractivity contribution is 9.10. The normalized spacial score (nSPS) is 21.1. The van der Waals surface area contributed by atoms with E-state index < -0.39 is 5.97 Å². The number of hydrogen-bond donors (Lipinski definition) is 1. The Kier molecular flexibility index (Phi) is 4.68. The third-order valence-electron chi connectivity index (χ3n) is 6.63. The average Bonchev–Trinajstić information content (AvgIpc) is 3.45. The fourth-order valence-corrected chi connectivity index (χ4v) is 5.39. The molecule has 152 valence electrons. The van der Waals surface area contributed by atoms with Gasteiger partial charge in [0.1, 0.15) is 11.8 Å². The quantitative estimate of drug-likeness (QED) is 0.558. The standard InChI is InChI=1S/C24H21BrN2O3/c1-13-16(3-2-4-20(13)25)22-10-15-9-18-17(19(11-26)23(15)30-22)5-6-21(18)27-8-7-14(12-27)24(28)29/h2-4,9-10,14,21H,5-8,12H2,1H3,(H,28,29)/t14-,21?/m1/s1. The summed E-state index contributed by atoms with van der Waals surface area (Å²) in [6.07, 6.45) is 2.42. The van der Waals surface area contributed by atoms with Gasteiger partial charge in [-0.25, -0.2) is 0 Å². The molecule has 0 spiro atoms. The van der Waals surface area contributed by atoms with Crippen LogP contribution in [0.4, 0.5) is 0 Å². The van der Waals surface area contributed by atoms with Crippen LogP contribution in [-0.4, -0.2) is 29.1 Å². The smallest absolute Gasteiger partial charge is 0.307 e. The van der Waals surface area contributed by atoms with Crippen LogP contribution in [0.15, 0.2) is 39.2 Å². The summed E-state index contributed by atoms with van der Waals surface area (Å²) >= 11 is 3.58. The number of halogens is 1. The van der Waals surface area contributed by atoms with E-state index in [2.05, 4.69) is 33.0 Å². The van der Waals surface area contributed by atoms with Gasteiger partial charge in [0.25, 0.3) is 0 Å². The van der Waals surface area contributed by atoms with Crippen LogP contribution in [-0.2, 0) is 11.2 Å². The molecule has 6 heteroatoms. The molecule has 1 aliphatic heterocycles. The Bertz CT molecular complexity index is 1220. The molecule has 0 radical (unpaired) electrons. The number of carbonyl (C=O) groups is 1. The highest BCUT2D eigenvalue weighted by atomic mass is 79.9. The number of benzene rings is 2. The molecule has 3 aromatic rings. The van der Waals surface area contributed by atoms with Crippen molar-refractivity contribution in [2.24, 2.45) is 5.92 Å². The van der Waals surface area contributed by atoms with Gasteiger partial charge in [0.2, 0.25) is 0 Å². The molecular formula is C24H21BrN2O3. The second-order valence-electron chi connectivity index (χ2n) is 8.25. The van der Waals surface area contributed by atoms with Crippen LogP contribution < -0.4 is 0 Å². The van der Waals surface area contributed by atoms with Crippen LogP contribution >= 0.6 is 15.9 Å². The maximum atomic E-state index is 11.4. The molecule has 1 aromatic heterocycles. The van der Waals surface area contributed by atoms with Crippen LogP contribution in [0.5, 0.6) is 0 Å². The zero-order valence-corrected chi connectivity index (χ0v) is 18.2. The highest BCUT2D eigenvalue weighted by Crippen LogP contribution is 2.44. The zero-order valence-electron chi connectivity index (χ0n) is 16.6. The third kappa shape index (κ3) is 2.96. The lowest BCUT2D eigenvalue weighted by Crippen LogP contribution is -2.26. The first-order valence-electron chi connectivity index (χ1n) is 10.2. The predicted octanol–water partition coefficient (Wildman–Crippen LogP) is 5.44. The molecular weight excluding hydrogens is 444 g/mol. The van der Waals surface area contributed by atoms with E-state index in [1.165, 1.54) is 0 Å². The summed E-state index contributed by atoms with van der Waals surface area (Å²) in [5, 5.41) is 20.2. The molecule has 0 bridgehead atoms. The van der Waals surface area contributed by atoms with E-state index in [1.807, 2.05) is 31.2 Å². The Balaban J connectivity index is 1.59. The fraction of sp³-hybridized carbons (Fsp3) is 0.333. The Labute approximate surface area is 183 Å². The molecule has 2 aliphatic rings. The van der Waals surface area contributed by atoms with Gasteiger partial charge in [-0.3, -0.25) is 9.69 Å². The number of nitriles is 1. The SMILES string of the molecule is Cc1c(Br)cccc1-c1cc2cc3c(c(C#N)c2o1)CCC3N1CC[C@@H](C(=O)O)C1. The molecule has 0 amide bonds. The van der Waals surface area contributed by atoms with Gasteiger partial charge in [-0.2, -0.15) is 5.26 Å². The summed E-state index contributed by atoms with van der Waals surface area (Å²) in [4.78, 5) is 13.7. The van der Waals surface area contributed by atoms with Crippen LogP contribution in [0.3, 0.4) is 0 Å². The van der Waals surface area contributed by atoms with Gasteiger partial charge in [-0.15, -0.1) is 0 Å². The summed E-state index contributed by atoms with van der Waals surface area (Å²) in [6.45, 7) is 3.40. The van der Waals surface area contributed by atoms with Gasteiger partial charge in [-0.05, 0) is 67.6 Å². The average molecular weight is 465 g/mol.